The number of rotatable bonds is 3. The number of likely N-dealkylation sites (tertiary alicyclic amines) is 1. The Balaban J connectivity index is 1.60. The third-order valence-corrected chi connectivity index (χ3v) is 4.24. The summed E-state index contributed by atoms with van der Waals surface area (Å²) in [6.45, 7) is 3.41. The second kappa shape index (κ2) is 6.81. The number of aromatic nitrogens is 2. The van der Waals surface area contributed by atoms with Gasteiger partial charge in [-0.15, -0.1) is 0 Å². The van der Waals surface area contributed by atoms with Gasteiger partial charge in [0.1, 0.15) is 18.2 Å². The Labute approximate surface area is 130 Å². The van der Waals surface area contributed by atoms with Crippen molar-refractivity contribution in [3.63, 3.8) is 0 Å². The lowest BCUT2D eigenvalue weighted by Crippen LogP contribution is -2.37. The highest BCUT2D eigenvalue weighted by Gasteiger charge is 2.27. The Hall–Kier alpha value is -2.05. The number of hydrogen-bond donors (Lipinski definition) is 1. The number of carbonyl (C=O) groups is 1. The molecule has 0 bridgehead atoms. The van der Waals surface area contributed by atoms with E-state index >= 15 is 0 Å². The summed E-state index contributed by atoms with van der Waals surface area (Å²) >= 11 is 0. The topological polar surface area (TPSA) is 70.6 Å². The normalized spacial score (nSPS) is 21.8. The van der Waals surface area contributed by atoms with Crippen LogP contribution in [0, 0.1) is 0 Å². The van der Waals surface area contributed by atoms with Crippen molar-refractivity contribution in [1.29, 1.82) is 0 Å². The molecule has 2 fully saturated rings. The maximum absolute atomic E-state index is 11.6. The molecule has 1 N–H and O–H groups in total. The summed E-state index contributed by atoms with van der Waals surface area (Å²) in [5, 5.41) is 2.64. The Morgan fingerprint density at radius 3 is 2.86 bits per heavy atom. The van der Waals surface area contributed by atoms with E-state index in [0.717, 1.165) is 25.3 Å². The molecule has 7 heteroatoms. The zero-order chi connectivity index (χ0) is 15.4. The van der Waals surface area contributed by atoms with E-state index in [1.165, 1.54) is 19.3 Å². The molecule has 1 aromatic heterocycles. The molecule has 2 saturated heterocycles. The van der Waals surface area contributed by atoms with Crippen molar-refractivity contribution in [2.75, 3.05) is 38.1 Å². The number of ether oxygens (including phenoxy) is 1. The Bertz CT molecular complexity index is 518. The van der Waals surface area contributed by atoms with Gasteiger partial charge in [0, 0.05) is 39.2 Å². The highest BCUT2D eigenvalue weighted by Crippen LogP contribution is 2.22. The fourth-order valence-corrected chi connectivity index (χ4v) is 3.03. The van der Waals surface area contributed by atoms with Gasteiger partial charge in [-0.1, -0.05) is 0 Å². The van der Waals surface area contributed by atoms with E-state index in [4.69, 9.17) is 4.74 Å². The van der Waals surface area contributed by atoms with Gasteiger partial charge in [0.2, 0.25) is 5.88 Å². The highest BCUT2D eigenvalue weighted by molar-refractivity contribution is 5.74. The molecule has 0 aliphatic carbocycles. The van der Waals surface area contributed by atoms with Gasteiger partial charge in [0.05, 0.1) is 6.54 Å². The number of hydrogen-bond acceptors (Lipinski definition) is 5. The minimum Gasteiger partial charge on any atom is -0.472 e. The van der Waals surface area contributed by atoms with Gasteiger partial charge in [0.25, 0.3) is 0 Å². The molecule has 1 atom stereocenters. The SMILES string of the molecule is CNC(=O)N1CC[C@H](Oc2cc(N3CCCCC3)ncn2)C1. The molecule has 2 aliphatic rings. The van der Waals surface area contributed by atoms with E-state index in [1.54, 1.807) is 18.3 Å². The molecular weight excluding hydrogens is 282 g/mol. The summed E-state index contributed by atoms with van der Waals surface area (Å²) in [6.07, 6.45) is 6.11. The summed E-state index contributed by atoms with van der Waals surface area (Å²) in [4.78, 5) is 24.2. The number of nitrogens with one attached hydrogen (secondary N) is 1. The molecule has 0 aromatic carbocycles. The van der Waals surface area contributed by atoms with Crippen LogP contribution in [-0.2, 0) is 0 Å². The maximum Gasteiger partial charge on any atom is 0.317 e. The van der Waals surface area contributed by atoms with Crippen LogP contribution < -0.4 is 15.0 Å². The van der Waals surface area contributed by atoms with Crippen LogP contribution in [0.5, 0.6) is 5.88 Å². The molecule has 0 unspecified atom stereocenters. The summed E-state index contributed by atoms with van der Waals surface area (Å²) in [7, 11) is 1.64. The van der Waals surface area contributed by atoms with Crippen LogP contribution in [0.4, 0.5) is 10.6 Å². The first-order valence-electron chi connectivity index (χ1n) is 7.96. The van der Waals surface area contributed by atoms with Crippen molar-refractivity contribution in [1.82, 2.24) is 20.2 Å². The largest absolute Gasteiger partial charge is 0.472 e. The third-order valence-electron chi connectivity index (χ3n) is 4.24. The second-order valence-electron chi connectivity index (χ2n) is 5.79. The zero-order valence-corrected chi connectivity index (χ0v) is 13.0. The summed E-state index contributed by atoms with van der Waals surface area (Å²) in [5.74, 6) is 1.53. The highest BCUT2D eigenvalue weighted by atomic mass is 16.5. The van der Waals surface area contributed by atoms with Gasteiger partial charge in [-0.25, -0.2) is 14.8 Å². The van der Waals surface area contributed by atoms with E-state index in [9.17, 15) is 4.79 Å². The minimum atomic E-state index is -0.0530. The van der Waals surface area contributed by atoms with Crippen molar-refractivity contribution < 1.29 is 9.53 Å². The molecule has 0 saturated carbocycles. The van der Waals surface area contributed by atoms with Crippen molar-refractivity contribution in [3.8, 4) is 5.88 Å². The minimum absolute atomic E-state index is 0.00130. The first-order chi connectivity index (χ1) is 10.8. The quantitative estimate of drug-likeness (QED) is 0.910. The zero-order valence-electron chi connectivity index (χ0n) is 13.0. The molecular formula is C15H23N5O2. The van der Waals surface area contributed by atoms with Crippen LogP contribution in [0.2, 0.25) is 0 Å². The lowest BCUT2D eigenvalue weighted by molar-refractivity contribution is 0.184. The lowest BCUT2D eigenvalue weighted by atomic mass is 10.1. The average Bonchev–Trinajstić information content (AvgIpc) is 3.04. The van der Waals surface area contributed by atoms with Crippen molar-refractivity contribution in [3.05, 3.63) is 12.4 Å². The van der Waals surface area contributed by atoms with E-state index in [0.29, 0.717) is 19.0 Å². The van der Waals surface area contributed by atoms with E-state index in [1.807, 2.05) is 6.07 Å². The van der Waals surface area contributed by atoms with Gasteiger partial charge < -0.3 is 19.9 Å². The van der Waals surface area contributed by atoms with Gasteiger partial charge >= 0.3 is 6.03 Å². The Kier molecular flexibility index (Phi) is 4.60. The number of anilines is 1. The summed E-state index contributed by atoms with van der Waals surface area (Å²) < 4.78 is 5.93. The fraction of sp³-hybridized carbons (Fsp3) is 0.667. The van der Waals surface area contributed by atoms with Crippen LogP contribution in [0.25, 0.3) is 0 Å². The molecule has 2 amide bonds. The van der Waals surface area contributed by atoms with Gasteiger partial charge in [0.15, 0.2) is 0 Å². The van der Waals surface area contributed by atoms with Crippen LogP contribution in [0.1, 0.15) is 25.7 Å². The fourth-order valence-electron chi connectivity index (χ4n) is 3.03. The average molecular weight is 305 g/mol. The smallest absolute Gasteiger partial charge is 0.317 e. The molecule has 3 rings (SSSR count). The molecule has 2 aliphatic heterocycles. The number of piperidine rings is 1. The van der Waals surface area contributed by atoms with Crippen molar-refractivity contribution >= 4 is 11.8 Å². The molecule has 0 radical (unpaired) electrons. The molecule has 7 nitrogen and oxygen atoms in total. The van der Waals surface area contributed by atoms with Crippen molar-refractivity contribution in [2.45, 2.75) is 31.8 Å². The van der Waals surface area contributed by atoms with Crippen LogP contribution >= 0.6 is 0 Å². The number of amides is 2. The van der Waals surface area contributed by atoms with Crippen molar-refractivity contribution in [2.24, 2.45) is 0 Å². The van der Waals surface area contributed by atoms with E-state index < -0.39 is 0 Å². The molecule has 3 heterocycles. The van der Waals surface area contributed by atoms with E-state index in [2.05, 4.69) is 20.2 Å². The first-order valence-corrected chi connectivity index (χ1v) is 7.96. The number of urea groups is 1. The first kappa shape index (κ1) is 14.9. The Morgan fingerprint density at radius 1 is 1.27 bits per heavy atom. The van der Waals surface area contributed by atoms with E-state index in [-0.39, 0.29) is 12.1 Å². The molecule has 1 aromatic rings. The summed E-state index contributed by atoms with van der Waals surface area (Å²) in [5.41, 5.74) is 0. The summed E-state index contributed by atoms with van der Waals surface area (Å²) in [6, 6.07) is 1.86. The van der Waals surface area contributed by atoms with Crippen LogP contribution in [-0.4, -0.2) is 60.2 Å². The molecule has 0 spiro atoms. The predicted molar refractivity (Wildman–Crippen MR) is 83.2 cm³/mol. The second-order valence-corrected chi connectivity index (χ2v) is 5.79. The van der Waals surface area contributed by atoms with Gasteiger partial charge in [-0.05, 0) is 19.3 Å². The predicted octanol–water partition coefficient (Wildman–Crippen LogP) is 1.26. The van der Waals surface area contributed by atoms with Crippen LogP contribution in [0.3, 0.4) is 0 Å². The van der Waals surface area contributed by atoms with Crippen LogP contribution in [0.15, 0.2) is 12.4 Å². The van der Waals surface area contributed by atoms with Gasteiger partial charge in [-0.3, -0.25) is 0 Å². The lowest BCUT2D eigenvalue weighted by Gasteiger charge is -2.27. The molecule has 120 valence electrons. The van der Waals surface area contributed by atoms with Gasteiger partial charge in [-0.2, -0.15) is 0 Å². The standard InChI is InChI=1S/C15H23N5O2/c1-16-15(21)20-8-5-12(10-20)22-14-9-13(17-11-18-14)19-6-3-2-4-7-19/h9,11-12H,2-8,10H2,1H3,(H,16,21)/t12-/m0/s1. The monoisotopic (exact) mass is 305 g/mol. The Morgan fingerprint density at radius 2 is 2.09 bits per heavy atom. The molecule has 22 heavy (non-hydrogen) atoms. The maximum atomic E-state index is 11.6. The number of carbonyl (C=O) groups excluding carboxylic acids is 1. The third kappa shape index (κ3) is 3.40. The number of nitrogens with zero attached hydrogens (tertiary/aromatic N) is 4.